The molecule has 1 amide bonds. The van der Waals surface area contributed by atoms with Gasteiger partial charge in [-0.2, -0.15) is 0 Å². The molecule has 2 atom stereocenters. The SMILES string of the molecule is CC[C@@H](C)c1ccccc1OCC(=O)N[C@H](CC(=O)O)c1ccc(Cl)cc1. The molecule has 27 heavy (non-hydrogen) atoms. The average molecular weight is 390 g/mol. The van der Waals surface area contributed by atoms with Gasteiger partial charge in [0.05, 0.1) is 12.5 Å². The van der Waals surface area contributed by atoms with E-state index >= 15 is 0 Å². The molecule has 2 aromatic rings. The van der Waals surface area contributed by atoms with Crippen LogP contribution in [0.3, 0.4) is 0 Å². The lowest BCUT2D eigenvalue weighted by atomic mass is 9.98. The van der Waals surface area contributed by atoms with Crippen molar-refractivity contribution in [3.8, 4) is 5.75 Å². The molecule has 2 N–H and O–H groups in total. The smallest absolute Gasteiger partial charge is 0.305 e. The zero-order valence-corrected chi connectivity index (χ0v) is 16.2. The number of hydrogen-bond acceptors (Lipinski definition) is 3. The molecule has 5 nitrogen and oxygen atoms in total. The van der Waals surface area contributed by atoms with E-state index in [2.05, 4.69) is 19.2 Å². The standard InChI is InChI=1S/C21H24ClNO4/c1-3-14(2)17-6-4-5-7-19(17)27-13-20(24)23-18(12-21(25)26)15-8-10-16(22)11-9-15/h4-11,14,18H,3,12-13H2,1-2H3,(H,23,24)(H,25,26)/t14-,18-/m1/s1. The van der Waals surface area contributed by atoms with Gasteiger partial charge in [-0.05, 0) is 41.7 Å². The normalized spacial score (nSPS) is 12.9. The van der Waals surface area contributed by atoms with Crippen LogP contribution in [0.4, 0.5) is 0 Å². The van der Waals surface area contributed by atoms with Crippen LogP contribution in [0.25, 0.3) is 0 Å². The molecule has 0 saturated heterocycles. The number of aliphatic carboxylic acids is 1. The highest BCUT2D eigenvalue weighted by atomic mass is 35.5. The zero-order chi connectivity index (χ0) is 19.8. The lowest BCUT2D eigenvalue weighted by molar-refractivity contribution is -0.137. The average Bonchev–Trinajstić information content (AvgIpc) is 2.65. The van der Waals surface area contributed by atoms with Gasteiger partial charge in [-0.1, -0.05) is 55.8 Å². The number of carbonyl (C=O) groups is 2. The maximum Gasteiger partial charge on any atom is 0.305 e. The Bertz CT molecular complexity index is 776. The van der Waals surface area contributed by atoms with Gasteiger partial charge in [-0.15, -0.1) is 0 Å². The third-order valence-corrected chi connectivity index (χ3v) is 4.66. The first kappa shape index (κ1) is 20.8. The molecule has 0 aliphatic carbocycles. The minimum absolute atomic E-state index is 0.183. The molecule has 0 aliphatic heterocycles. The fraction of sp³-hybridized carbons (Fsp3) is 0.333. The summed E-state index contributed by atoms with van der Waals surface area (Å²) < 4.78 is 5.70. The number of carboxylic acids is 1. The number of benzene rings is 2. The maximum atomic E-state index is 12.3. The number of rotatable bonds is 9. The van der Waals surface area contributed by atoms with Gasteiger partial charge in [0.15, 0.2) is 6.61 Å². The molecule has 0 aromatic heterocycles. The van der Waals surface area contributed by atoms with Gasteiger partial charge < -0.3 is 15.2 Å². The second-order valence-corrected chi connectivity index (χ2v) is 6.84. The van der Waals surface area contributed by atoms with Crippen molar-refractivity contribution in [2.45, 2.75) is 38.6 Å². The summed E-state index contributed by atoms with van der Waals surface area (Å²) in [6, 6.07) is 13.7. The molecule has 0 spiro atoms. The summed E-state index contributed by atoms with van der Waals surface area (Å²) in [5.41, 5.74) is 1.72. The van der Waals surface area contributed by atoms with Gasteiger partial charge >= 0.3 is 5.97 Å². The van der Waals surface area contributed by atoms with Gasteiger partial charge in [0.1, 0.15) is 5.75 Å². The summed E-state index contributed by atoms with van der Waals surface area (Å²) in [5, 5.41) is 12.4. The van der Waals surface area contributed by atoms with Gasteiger partial charge in [0.25, 0.3) is 5.91 Å². The molecule has 2 aromatic carbocycles. The maximum absolute atomic E-state index is 12.3. The van der Waals surface area contributed by atoms with Crippen molar-refractivity contribution in [3.05, 3.63) is 64.7 Å². The Morgan fingerprint density at radius 2 is 1.81 bits per heavy atom. The van der Waals surface area contributed by atoms with Crippen LogP contribution >= 0.6 is 11.6 Å². The monoisotopic (exact) mass is 389 g/mol. The van der Waals surface area contributed by atoms with Crippen molar-refractivity contribution >= 4 is 23.5 Å². The van der Waals surface area contributed by atoms with E-state index in [0.29, 0.717) is 22.3 Å². The molecule has 0 saturated carbocycles. The van der Waals surface area contributed by atoms with Gasteiger partial charge in [-0.3, -0.25) is 9.59 Å². The van der Waals surface area contributed by atoms with Crippen LogP contribution in [0.5, 0.6) is 5.75 Å². The van der Waals surface area contributed by atoms with E-state index in [0.717, 1.165) is 12.0 Å². The van der Waals surface area contributed by atoms with Crippen molar-refractivity contribution < 1.29 is 19.4 Å². The van der Waals surface area contributed by atoms with E-state index in [1.165, 1.54) is 0 Å². The fourth-order valence-electron chi connectivity index (χ4n) is 2.74. The highest BCUT2D eigenvalue weighted by Crippen LogP contribution is 2.28. The molecule has 6 heteroatoms. The van der Waals surface area contributed by atoms with Crippen molar-refractivity contribution in [2.24, 2.45) is 0 Å². The van der Waals surface area contributed by atoms with Gasteiger partial charge in [0.2, 0.25) is 0 Å². The summed E-state index contributed by atoms with van der Waals surface area (Å²) in [7, 11) is 0. The van der Waals surface area contributed by atoms with Crippen molar-refractivity contribution in [3.63, 3.8) is 0 Å². The highest BCUT2D eigenvalue weighted by molar-refractivity contribution is 6.30. The second-order valence-electron chi connectivity index (χ2n) is 6.41. The van der Waals surface area contributed by atoms with E-state index in [1.54, 1.807) is 24.3 Å². The Balaban J connectivity index is 2.04. The molecule has 0 aliphatic rings. The molecule has 0 radical (unpaired) electrons. The number of hydrogen-bond donors (Lipinski definition) is 2. The van der Waals surface area contributed by atoms with Crippen LogP contribution < -0.4 is 10.1 Å². The topological polar surface area (TPSA) is 75.6 Å². The summed E-state index contributed by atoms with van der Waals surface area (Å²) >= 11 is 5.87. The number of halogens is 1. The third-order valence-electron chi connectivity index (χ3n) is 4.41. The quantitative estimate of drug-likeness (QED) is 0.659. The second kappa shape index (κ2) is 9.97. The highest BCUT2D eigenvalue weighted by Gasteiger charge is 2.19. The molecule has 0 fully saturated rings. The molecule has 0 bridgehead atoms. The molecular formula is C21H24ClNO4. The van der Waals surface area contributed by atoms with Crippen LogP contribution in [0, 0.1) is 0 Å². The third kappa shape index (κ3) is 6.29. The number of nitrogens with one attached hydrogen (secondary N) is 1. The summed E-state index contributed by atoms with van der Waals surface area (Å²) in [6.45, 7) is 4.01. The van der Waals surface area contributed by atoms with E-state index < -0.39 is 12.0 Å². The first-order valence-electron chi connectivity index (χ1n) is 8.89. The minimum atomic E-state index is -1.00. The Morgan fingerprint density at radius 1 is 1.15 bits per heavy atom. The first-order valence-corrected chi connectivity index (χ1v) is 9.26. The molecule has 144 valence electrons. The summed E-state index contributed by atoms with van der Waals surface area (Å²) in [6.07, 6.45) is 0.737. The van der Waals surface area contributed by atoms with Gasteiger partial charge in [-0.25, -0.2) is 0 Å². The van der Waals surface area contributed by atoms with Crippen LogP contribution in [0.1, 0.15) is 49.8 Å². The van der Waals surface area contributed by atoms with Crippen LogP contribution in [0.15, 0.2) is 48.5 Å². The lowest BCUT2D eigenvalue weighted by Crippen LogP contribution is -2.34. The number of carboxylic acid groups (broad SMARTS) is 1. The van der Waals surface area contributed by atoms with E-state index in [4.69, 9.17) is 21.4 Å². The Hall–Kier alpha value is -2.53. The van der Waals surface area contributed by atoms with Crippen LogP contribution in [0.2, 0.25) is 5.02 Å². The first-order chi connectivity index (χ1) is 12.9. The Morgan fingerprint density at radius 3 is 2.44 bits per heavy atom. The van der Waals surface area contributed by atoms with Crippen molar-refractivity contribution in [1.29, 1.82) is 0 Å². The molecule has 2 rings (SSSR count). The molecule has 0 heterocycles. The van der Waals surface area contributed by atoms with Crippen molar-refractivity contribution in [1.82, 2.24) is 5.32 Å². The van der Waals surface area contributed by atoms with E-state index in [9.17, 15) is 9.59 Å². The Labute approximate surface area is 164 Å². The zero-order valence-electron chi connectivity index (χ0n) is 15.4. The van der Waals surface area contributed by atoms with Gasteiger partial charge in [0, 0.05) is 5.02 Å². The van der Waals surface area contributed by atoms with E-state index in [-0.39, 0.29) is 18.9 Å². The summed E-state index contributed by atoms with van der Waals surface area (Å²) in [5.74, 6) is -0.394. The summed E-state index contributed by atoms with van der Waals surface area (Å²) in [4.78, 5) is 23.5. The minimum Gasteiger partial charge on any atom is -0.483 e. The molecular weight excluding hydrogens is 366 g/mol. The number of carbonyl (C=O) groups excluding carboxylic acids is 1. The van der Waals surface area contributed by atoms with Crippen molar-refractivity contribution in [2.75, 3.05) is 6.61 Å². The fourth-order valence-corrected chi connectivity index (χ4v) is 2.87. The number of ether oxygens (including phenoxy) is 1. The number of amides is 1. The lowest BCUT2D eigenvalue weighted by Gasteiger charge is -2.19. The predicted molar refractivity (Wildman–Crippen MR) is 105 cm³/mol. The predicted octanol–water partition coefficient (Wildman–Crippen LogP) is 4.56. The van der Waals surface area contributed by atoms with E-state index in [1.807, 2.05) is 24.3 Å². The van der Waals surface area contributed by atoms with Crippen LogP contribution in [-0.4, -0.2) is 23.6 Å². The molecule has 0 unspecified atom stereocenters. The van der Waals surface area contributed by atoms with Crippen LogP contribution in [-0.2, 0) is 9.59 Å². The Kier molecular flexibility index (Phi) is 7.67. The largest absolute Gasteiger partial charge is 0.483 e. The number of para-hydroxylation sites is 1.